The lowest BCUT2D eigenvalue weighted by Crippen LogP contribution is -2.26. The van der Waals surface area contributed by atoms with Gasteiger partial charge in [-0.05, 0) is 44.9 Å². The zero-order chi connectivity index (χ0) is 18.5. The van der Waals surface area contributed by atoms with Crippen LogP contribution in [0.25, 0.3) is 5.65 Å². The van der Waals surface area contributed by atoms with E-state index in [2.05, 4.69) is 27.5 Å². The second-order valence-corrected chi connectivity index (χ2v) is 7.50. The van der Waals surface area contributed by atoms with Crippen molar-refractivity contribution < 1.29 is 4.79 Å². The van der Waals surface area contributed by atoms with Crippen LogP contribution in [0.4, 0.5) is 0 Å². The average Bonchev–Trinajstić information content (AvgIpc) is 3.00. The van der Waals surface area contributed by atoms with Crippen molar-refractivity contribution in [2.45, 2.75) is 38.5 Å². The molecule has 136 valence electrons. The molecule has 1 aromatic carbocycles. The Hall–Kier alpha value is -2.34. The molecule has 0 fully saturated rings. The first-order valence-corrected chi connectivity index (χ1v) is 9.80. The summed E-state index contributed by atoms with van der Waals surface area (Å²) in [5.41, 5.74) is 4.96. The number of fused-ring (bicyclic) bond motifs is 1. The standard InChI is InChI=1S/C20H24N4OS/c1-14-13-19-22-15(2)18(16(3)24(19)23-14)9-10-20(25)21-11-12-26-17-7-5-4-6-8-17/h4-8,13H,9-12H2,1-3H3,(H,21,25). The molecule has 0 bridgehead atoms. The van der Waals surface area contributed by atoms with Crippen LogP contribution in [0.3, 0.4) is 0 Å². The second kappa shape index (κ2) is 8.36. The first-order chi connectivity index (χ1) is 12.5. The predicted molar refractivity (Wildman–Crippen MR) is 106 cm³/mol. The van der Waals surface area contributed by atoms with Gasteiger partial charge in [0, 0.05) is 41.1 Å². The highest BCUT2D eigenvalue weighted by Gasteiger charge is 2.12. The van der Waals surface area contributed by atoms with Crippen LogP contribution in [0, 0.1) is 20.8 Å². The molecule has 1 N–H and O–H groups in total. The molecule has 6 heteroatoms. The van der Waals surface area contributed by atoms with E-state index >= 15 is 0 Å². The van der Waals surface area contributed by atoms with E-state index in [1.807, 2.05) is 49.6 Å². The molecule has 0 spiro atoms. The van der Waals surface area contributed by atoms with E-state index in [1.54, 1.807) is 11.8 Å². The minimum atomic E-state index is 0.0780. The van der Waals surface area contributed by atoms with Gasteiger partial charge in [0.15, 0.2) is 5.65 Å². The Morgan fingerprint density at radius 1 is 1.19 bits per heavy atom. The van der Waals surface area contributed by atoms with Crippen molar-refractivity contribution >= 4 is 23.3 Å². The summed E-state index contributed by atoms with van der Waals surface area (Å²) in [6, 6.07) is 12.2. The SMILES string of the molecule is Cc1cc2nc(C)c(CCC(=O)NCCSc3ccccc3)c(C)n2n1. The summed E-state index contributed by atoms with van der Waals surface area (Å²) < 4.78 is 1.87. The van der Waals surface area contributed by atoms with Gasteiger partial charge < -0.3 is 5.32 Å². The van der Waals surface area contributed by atoms with Crippen LogP contribution >= 0.6 is 11.8 Å². The molecule has 0 aliphatic carbocycles. The van der Waals surface area contributed by atoms with Gasteiger partial charge in [-0.25, -0.2) is 9.50 Å². The normalized spacial score (nSPS) is 11.0. The van der Waals surface area contributed by atoms with Gasteiger partial charge >= 0.3 is 0 Å². The Balaban J connectivity index is 1.50. The number of hydrogen-bond acceptors (Lipinski definition) is 4. The predicted octanol–water partition coefficient (Wildman–Crippen LogP) is 3.50. The summed E-state index contributed by atoms with van der Waals surface area (Å²) in [5.74, 6) is 0.947. The Bertz CT molecular complexity index is 905. The maximum Gasteiger partial charge on any atom is 0.220 e. The maximum atomic E-state index is 12.2. The van der Waals surface area contributed by atoms with E-state index < -0.39 is 0 Å². The number of amides is 1. The molecule has 26 heavy (non-hydrogen) atoms. The third-order valence-electron chi connectivity index (χ3n) is 4.32. The number of hydrogen-bond donors (Lipinski definition) is 1. The number of aromatic nitrogens is 3. The molecule has 0 aliphatic heterocycles. The topological polar surface area (TPSA) is 59.3 Å². The number of thioether (sulfide) groups is 1. The zero-order valence-corrected chi connectivity index (χ0v) is 16.3. The minimum Gasteiger partial charge on any atom is -0.355 e. The molecule has 0 radical (unpaired) electrons. The van der Waals surface area contributed by atoms with E-state index in [0.29, 0.717) is 19.4 Å². The average molecular weight is 369 g/mol. The Kier molecular flexibility index (Phi) is 5.93. The van der Waals surface area contributed by atoms with Gasteiger partial charge in [-0.15, -0.1) is 11.8 Å². The molecule has 5 nitrogen and oxygen atoms in total. The quantitative estimate of drug-likeness (QED) is 0.512. The van der Waals surface area contributed by atoms with Gasteiger partial charge in [0.1, 0.15) is 0 Å². The molecule has 3 rings (SSSR count). The number of aryl methyl sites for hydroxylation is 3. The molecule has 2 heterocycles. The largest absolute Gasteiger partial charge is 0.355 e. The molecule has 0 atom stereocenters. The number of nitrogens with one attached hydrogen (secondary N) is 1. The molecule has 0 saturated carbocycles. The summed E-state index contributed by atoms with van der Waals surface area (Å²) in [7, 11) is 0. The molecule has 2 aromatic heterocycles. The van der Waals surface area contributed by atoms with Gasteiger partial charge in [-0.3, -0.25) is 4.79 Å². The molecule has 0 aliphatic rings. The molecule has 1 amide bonds. The van der Waals surface area contributed by atoms with Crippen LogP contribution in [-0.2, 0) is 11.2 Å². The first kappa shape index (κ1) is 18.5. The lowest BCUT2D eigenvalue weighted by molar-refractivity contribution is -0.120. The Morgan fingerprint density at radius 3 is 2.73 bits per heavy atom. The van der Waals surface area contributed by atoms with Gasteiger partial charge in [-0.1, -0.05) is 18.2 Å². The van der Waals surface area contributed by atoms with Crippen molar-refractivity contribution in [1.29, 1.82) is 0 Å². The molecular formula is C20H24N4OS. The minimum absolute atomic E-state index is 0.0780. The molecular weight excluding hydrogens is 344 g/mol. The van der Waals surface area contributed by atoms with Crippen LogP contribution < -0.4 is 5.32 Å². The Morgan fingerprint density at radius 2 is 1.96 bits per heavy atom. The van der Waals surface area contributed by atoms with Crippen LogP contribution in [0.2, 0.25) is 0 Å². The van der Waals surface area contributed by atoms with Crippen molar-refractivity contribution in [3.8, 4) is 0 Å². The van der Waals surface area contributed by atoms with Crippen molar-refractivity contribution in [2.24, 2.45) is 0 Å². The summed E-state index contributed by atoms with van der Waals surface area (Å²) in [6.07, 6.45) is 1.14. The van der Waals surface area contributed by atoms with Crippen LogP contribution in [0.1, 0.15) is 29.1 Å². The third kappa shape index (κ3) is 4.43. The summed E-state index contributed by atoms with van der Waals surface area (Å²) in [5, 5.41) is 7.48. The highest BCUT2D eigenvalue weighted by atomic mass is 32.2. The highest BCUT2D eigenvalue weighted by Crippen LogP contribution is 2.17. The fourth-order valence-corrected chi connectivity index (χ4v) is 3.80. The van der Waals surface area contributed by atoms with Crippen molar-refractivity contribution in [3.63, 3.8) is 0 Å². The second-order valence-electron chi connectivity index (χ2n) is 6.33. The smallest absolute Gasteiger partial charge is 0.220 e. The number of rotatable bonds is 7. The number of carbonyl (C=O) groups is 1. The summed E-state index contributed by atoms with van der Waals surface area (Å²) >= 11 is 1.75. The third-order valence-corrected chi connectivity index (χ3v) is 5.34. The fourth-order valence-electron chi connectivity index (χ4n) is 3.01. The lowest BCUT2D eigenvalue weighted by Gasteiger charge is -2.11. The zero-order valence-electron chi connectivity index (χ0n) is 15.5. The van der Waals surface area contributed by atoms with Gasteiger partial charge in [0.25, 0.3) is 0 Å². The van der Waals surface area contributed by atoms with Crippen LogP contribution in [0.5, 0.6) is 0 Å². The van der Waals surface area contributed by atoms with E-state index in [1.165, 1.54) is 4.90 Å². The van der Waals surface area contributed by atoms with Crippen LogP contribution in [-0.4, -0.2) is 32.8 Å². The van der Waals surface area contributed by atoms with Gasteiger partial charge in [0.05, 0.1) is 5.69 Å². The van der Waals surface area contributed by atoms with E-state index in [-0.39, 0.29) is 5.91 Å². The van der Waals surface area contributed by atoms with Gasteiger partial charge in [-0.2, -0.15) is 5.10 Å². The molecule has 0 unspecified atom stereocenters. The van der Waals surface area contributed by atoms with E-state index in [4.69, 9.17) is 0 Å². The van der Waals surface area contributed by atoms with Crippen molar-refractivity contribution in [3.05, 3.63) is 59.0 Å². The van der Waals surface area contributed by atoms with Crippen LogP contribution in [0.15, 0.2) is 41.3 Å². The summed E-state index contributed by atoms with van der Waals surface area (Å²) in [4.78, 5) is 18.0. The van der Waals surface area contributed by atoms with Crippen molar-refractivity contribution in [1.82, 2.24) is 19.9 Å². The first-order valence-electron chi connectivity index (χ1n) is 8.81. The maximum absolute atomic E-state index is 12.2. The molecule has 3 aromatic rings. The highest BCUT2D eigenvalue weighted by molar-refractivity contribution is 7.99. The Labute approximate surface area is 158 Å². The van der Waals surface area contributed by atoms with Gasteiger partial charge in [0.2, 0.25) is 5.91 Å². The fraction of sp³-hybridized carbons (Fsp3) is 0.350. The number of carbonyl (C=O) groups excluding carboxylic acids is 1. The van der Waals surface area contributed by atoms with E-state index in [9.17, 15) is 4.79 Å². The number of nitrogens with zero attached hydrogens (tertiary/aromatic N) is 3. The number of benzene rings is 1. The van der Waals surface area contributed by atoms with E-state index in [0.717, 1.165) is 34.0 Å². The molecule has 0 saturated heterocycles. The van der Waals surface area contributed by atoms with Crippen molar-refractivity contribution in [2.75, 3.05) is 12.3 Å². The summed E-state index contributed by atoms with van der Waals surface area (Å²) in [6.45, 7) is 6.67. The monoisotopic (exact) mass is 368 g/mol. The lowest BCUT2D eigenvalue weighted by atomic mass is 10.1.